The molecule has 0 unspecified atom stereocenters. The van der Waals surface area contributed by atoms with E-state index in [-0.39, 0.29) is 0 Å². The highest BCUT2D eigenvalue weighted by atomic mass is 14.7. The van der Waals surface area contributed by atoms with Gasteiger partial charge < -0.3 is 0 Å². The fourth-order valence-corrected chi connectivity index (χ4v) is 0.158. The molecule has 0 amide bonds. The van der Waals surface area contributed by atoms with Crippen LogP contribution in [0.2, 0.25) is 0 Å². The van der Waals surface area contributed by atoms with E-state index < -0.39 is 0 Å². The van der Waals surface area contributed by atoms with Crippen LogP contribution in [-0.2, 0) is 0 Å². The van der Waals surface area contributed by atoms with Crippen molar-refractivity contribution in [1.82, 2.24) is 0 Å². The zero-order chi connectivity index (χ0) is 8.99. The molecule has 0 radical (unpaired) electrons. The van der Waals surface area contributed by atoms with Gasteiger partial charge in [-0.2, -0.15) is 0 Å². The molecule has 64 valence electrons. The summed E-state index contributed by atoms with van der Waals surface area (Å²) in [6.45, 7) is 12.1. The first-order valence-electron chi connectivity index (χ1n) is 4.23. The highest BCUT2D eigenvalue weighted by Crippen LogP contribution is 1.78. The lowest BCUT2D eigenvalue weighted by Crippen LogP contribution is -1.83. The van der Waals surface area contributed by atoms with Crippen molar-refractivity contribution >= 4 is 5.71 Å². The molecule has 0 rings (SSSR count). The molecule has 0 bridgehead atoms. The van der Waals surface area contributed by atoms with Crippen molar-refractivity contribution in [1.29, 1.82) is 0 Å². The topological polar surface area (TPSA) is 12.4 Å². The predicted molar refractivity (Wildman–Crippen MR) is 52.0 cm³/mol. The van der Waals surface area contributed by atoms with Gasteiger partial charge in [-0.05, 0) is 13.3 Å². The molecule has 0 spiro atoms. The molecular weight excluding hydrogens is 122 g/mol. The molecule has 0 aromatic carbocycles. The van der Waals surface area contributed by atoms with Crippen molar-refractivity contribution in [2.75, 3.05) is 7.05 Å². The molecule has 0 N–H and O–H groups in total. The van der Waals surface area contributed by atoms with E-state index in [1.807, 2.05) is 41.7 Å². The fourth-order valence-electron chi connectivity index (χ4n) is 0.158. The number of rotatable bonds is 1. The van der Waals surface area contributed by atoms with Gasteiger partial charge in [-0.15, -0.1) is 0 Å². The first-order valence-corrected chi connectivity index (χ1v) is 4.23. The van der Waals surface area contributed by atoms with Gasteiger partial charge in [0.2, 0.25) is 0 Å². The third kappa shape index (κ3) is 25.3. The summed E-state index contributed by atoms with van der Waals surface area (Å²) >= 11 is 0. The summed E-state index contributed by atoms with van der Waals surface area (Å²) in [7, 11) is 1.82. The molecule has 0 saturated carbocycles. The second kappa shape index (κ2) is 23.4. The quantitative estimate of drug-likeness (QED) is 0.500. The van der Waals surface area contributed by atoms with Crippen LogP contribution in [0.4, 0.5) is 0 Å². The molecule has 0 saturated heterocycles. The Morgan fingerprint density at radius 2 is 1.40 bits per heavy atom. The Morgan fingerprint density at radius 1 is 1.10 bits per heavy atom. The molecule has 0 aliphatic rings. The maximum absolute atomic E-state index is 3.92. The lowest BCUT2D eigenvalue weighted by atomic mass is 10.3. The summed E-state index contributed by atoms with van der Waals surface area (Å²) in [6, 6.07) is 0. The van der Waals surface area contributed by atoms with Crippen LogP contribution < -0.4 is 0 Å². The molecule has 0 aliphatic heterocycles. The summed E-state index contributed by atoms with van der Waals surface area (Å²) in [4.78, 5) is 3.92. The molecule has 0 fully saturated rings. The zero-order valence-electron chi connectivity index (χ0n) is 8.65. The average Bonchev–Trinajstić information content (AvgIpc) is 2.10. The molecule has 1 heteroatoms. The van der Waals surface area contributed by atoms with Gasteiger partial charge in [0.25, 0.3) is 0 Å². The van der Waals surface area contributed by atoms with Crippen molar-refractivity contribution in [3.8, 4) is 0 Å². The fraction of sp³-hybridized carbons (Fsp3) is 0.889. The minimum atomic E-state index is 1.08. The van der Waals surface area contributed by atoms with Gasteiger partial charge in [0.15, 0.2) is 0 Å². The van der Waals surface area contributed by atoms with Crippen LogP contribution >= 0.6 is 0 Å². The zero-order valence-corrected chi connectivity index (χ0v) is 8.65. The van der Waals surface area contributed by atoms with Gasteiger partial charge in [-0.25, -0.2) is 0 Å². The molecule has 0 aromatic rings. The lowest BCUT2D eigenvalue weighted by molar-refractivity contribution is 1.23. The number of hydrogen-bond acceptors (Lipinski definition) is 1. The molecular formula is C9H23N. The largest absolute Gasteiger partial charge is 0.298 e. The first kappa shape index (κ1) is 16.3. The van der Waals surface area contributed by atoms with E-state index in [1.165, 1.54) is 5.71 Å². The van der Waals surface area contributed by atoms with E-state index in [1.54, 1.807) is 0 Å². The van der Waals surface area contributed by atoms with Crippen LogP contribution in [0.1, 0.15) is 48.0 Å². The molecule has 10 heavy (non-hydrogen) atoms. The van der Waals surface area contributed by atoms with Crippen LogP contribution in [0.3, 0.4) is 0 Å². The van der Waals surface area contributed by atoms with Crippen LogP contribution in [0.15, 0.2) is 4.99 Å². The summed E-state index contributed by atoms with van der Waals surface area (Å²) in [6.07, 6.45) is 1.08. The van der Waals surface area contributed by atoms with Gasteiger partial charge >= 0.3 is 0 Å². The van der Waals surface area contributed by atoms with E-state index in [0.29, 0.717) is 0 Å². The number of aliphatic imine (C=N–C) groups is 1. The molecule has 1 nitrogen and oxygen atoms in total. The van der Waals surface area contributed by atoms with Crippen molar-refractivity contribution in [2.45, 2.75) is 48.0 Å². The van der Waals surface area contributed by atoms with E-state index in [2.05, 4.69) is 11.9 Å². The Morgan fingerprint density at radius 3 is 1.40 bits per heavy atom. The van der Waals surface area contributed by atoms with Crippen LogP contribution in [0.25, 0.3) is 0 Å². The second-order valence-electron chi connectivity index (χ2n) is 1.31. The predicted octanol–water partition coefficient (Wildman–Crippen LogP) is 3.54. The standard InChI is InChI=1S/C5H11N.2C2H6/c1-4-5(2)6-3;2*1-2/h4H2,1-3H3;2*1-2H3. The Bertz CT molecular complexity index is 55.7. The molecule has 0 heterocycles. The summed E-state index contributed by atoms with van der Waals surface area (Å²) in [5, 5.41) is 0. The smallest absolute Gasteiger partial charge is 0.0276 e. The Hall–Kier alpha value is -0.330. The van der Waals surface area contributed by atoms with E-state index in [9.17, 15) is 0 Å². The average molecular weight is 145 g/mol. The third-order valence-electron chi connectivity index (χ3n) is 0.893. The normalized spacial score (nSPS) is 8.50. The van der Waals surface area contributed by atoms with Gasteiger partial charge in [-0.1, -0.05) is 34.6 Å². The van der Waals surface area contributed by atoms with Crippen molar-refractivity contribution < 1.29 is 0 Å². The van der Waals surface area contributed by atoms with Gasteiger partial charge in [-0.3, -0.25) is 4.99 Å². The van der Waals surface area contributed by atoms with Crippen molar-refractivity contribution in [3.63, 3.8) is 0 Å². The summed E-state index contributed by atoms with van der Waals surface area (Å²) in [5.74, 6) is 0. The van der Waals surface area contributed by atoms with Gasteiger partial charge in [0, 0.05) is 12.8 Å². The Kier molecular flexibility index (Phi) is 38.2. The summed E-state index contributed by atoms with van der Waals surface area (Å²) < 4.78 is 0. The maximum Gasteiger partial charge on any atom is 0.0276 e. The first-order chi connectivity index (χ1) is 4.81. The van der Waals surface area contributed by atoms with Gasteiger partial charge in [0.05, 0.1) is 0 Å². The Balaban J connectivity index is -0.000000105. The van der Waals surface area contributed by atoms with Crippen LogP contribution in [0, 0.1) is 0 Å². The Labute approximate surface area is 66.6 Å². The highest BCUT2D eigenvalue weighted by molar-refractivity contribution is 5.81. The van der Waals surface area contributed by atoms with Crippen LogP contribution in [0.5, 0.6) is 0 Å². The van der Waals surface area contributed by atoms with Crippen LogP contribution in [-0.4, -0.2) is 12.8 Å². The van der Waals surface area contributed by atoms with E-state index in [4.69, 9.17) is 0 Å². The lowest BCUT2D eigenvalue weighted by Gasteiger charge is -1.84. The SMILES string of the molecule is CC.CC.CCC(C)=NC. The van der Waals surface area contributed by atoms with Gasteiger partial charge in [0.1, 0.15) is 0 Å². The molecule has 0 aliphatic carbocycles. The summed E-state index contributed by atoms with van der Waals surface area (Å²) in [5.41, 5.74) is 1.22. The van der Waals surface area contributed by atoms with E-state index >= 15 is 0 Å². The van der Waals surface area contributed by atoms with E-state index in [0.717, 1.165) is 6.42 Å². The minimum Gasteiger partial charge on any atom is -0.298 e. The van der Waals surface area contributed by atoms with Crippen molar-refractivity contribution in [3.05, 3.63) is 0 Å². The number of hydrogen-bond donors (Lipinski definition) is 0. The molecule has 0 aromatic heterocycles. The maximum atomic E-state index is 3.92. The number of nitrogens with zero attached hydrogens (tertiary/aromatic N) is 1. The monoisotopic (exact) mass is 145 g/mol. The third-order valence-corrected chi connectivity index (χ3v) is 0.893. The minimum absolute atomic E-state index is 1.08. The highest BCUT2D eigenvalue weighted by Gasteiger charge is 1.75. The molecule has 0 atom stereocenters. The second-order valence-corrected chi connectivity index (χ2v) is 1.31. The van der Waals surface area contributed by atoms with Crippen molar-refractivity contribution in [2.24, 2.45) is 4.99 Å².